The molecule has 0 radical (unpaired) electrons. The maximum atomic E-state index is 13.3. The molecule has 2 aromatic rings. The van der Waals surface area contributed by atoms with Gasteiger partial charge in [0, 0.05) is 44.0 Å². The van der Waals surface area contributed by atoms with Crippen LogP contribution in [0.2, 0.25) is 0 Å². The molecule has 0 aliphatic carbocycles. The standard InChI is InChI=1S/C22H24F3N3O4S/c1-26-10-12-27(13-11-26)33(30,31)19-6-2-4-17(15-19)21(29)28-9-3-5-16-14-18(7-8-20(16)28)32-22(23,24)25/h2,4,6-8,14-15H,3,5,9-13H2,1H3. The number of likely N-dealkylation sites (N-methyl/N-ethyl adjacent to an activating group) is 1. The van der Waals surface area contributed by atoms with Gasteiger partial charge < -0.3 is 14.5 Å². The Morgan fingerprint density at radius 3 is 2.42 bits per heavy atom. The number of amides is 1. The summed E-state index contributed by atoms with van der Waals surface area (Å²) in [5.74, 6) is -0.744. The van der Waals surface area contributed by atoms with Crippen LogP contribution in [0, 0.1) is 0 Å². The molecule has 11 heteroatoms. The average Bonchev–Trinajstić information content (AvgIpc) is 2.77. The van der Waals surface area contributed by atoms with Crippen LogP contribution in [0.15, 0.2) is 47.4 Å². The van der Waals surface area contributed by atoms with E-state index < -0.39 is 22.3 Å². The fourth-order valence-electron chi connectivity index (χ4n) is 4.10. The largest absolute Gasteiger partial charge is 0.573 e. The van der Waals surface area contributed by atoms with Crippen molar-refractivity contribution in [1.82, 2.24) is 9.21 Å². The lowest BCUT2D eigenvalue weighted by Gasteiger charge is -2.32. The number of ether oxygens (including phenoxy) is 1. The molecule has 1 amide bonds. The third kappa shape index (κ3) is 5.15. The molecule has 2 heterocycles. The van der Waals surface area contributed by atoms with Crippen molar-refractivity contribution < 1.29 is 31.1 Å². The van der Waals surface area contributed by atoms with E-state index in [9.17, 15) is 26.4 Å². The van der Waals surface area contributed by atoms with Crippen molar-refractivity contribution in [3.63, 3.8) is 0 Å². The van der Waals surface area contributed by atoms with Gasteiger partial charge in [-0.1, -0.05) is 6.07 Å². The number of benzene rings is 2. The molecule has 0 N–H and O–H groups in total. The summed E-state index contributed by atoms with van der Waals surface area (Å²) in [6.45, 7) is 2.38. The zero-order valence-corrected chi connectivity index (χ0v) is 18.8. The van der Waals surface area contributed by atoms with Crippen LogP contribution in [0.1, 0.15) is 22.3 Å². The second-order valence-electron chi connectivity index (χ2n) is 8.13. The maximum absolute atomic E-state index is 13.3. The first-order valence-electron chi connectivity index (χ1n) is 10.5. The summed E-state index contributed by atoms with van der Waals surface area (Å²) in [5, 5.41) is 0. The molecule has 4 rings (SSSR count). The number of piperazine rings is 1. The molecule has 0 aromatic heterocycles. The van der Waals surface area contributed by atoms with Crippen molar-refractivity contribution in [1.29, 1.82) is 0 Å². The molecule has 0 unspecified atom stereocenters. The van der Waals surface area contributed by atoms with Crippen molar-refractivity contribution in [3.05, 3.63) is 53.6 Å². The number of fused-ring (bicyclic) bond motifs is 1. The van der Waals surface area contributed by atoms with Crippen LogP contribution in [0.5, 0.6) is 5.75 Å². The van der Waals surface area contributed by atoms with Crippen molar-refractivity contribution in [2.45, 2.75) is 24.1 Å². The number of sulfonamides is 1. The van der Waals surface area contributed by atoms with E-state index in [0.717, 1.165) is 0 Å². The molecular formula is C22H24F3N3O4S. The molecule has 2 aliphatic heterocycles. The number of carbonyl (C=O) groups is 1. The van der Waals surface area contributed by atoms with Crippen LogP contribution in [0.3, 0.4) is 0 Å². The third-order valence-corrected chi connectivity index (χ3v) is 7.72. The highest BCUT2D eigenvalue weighted by molar-refractivity contribution is 7.89. The molecule has 2 aromatic carbocycles. The summed E-state index contributed by atoms with van der Waals surface area (Å²) in [6.07, 6.45) is -3.73. The SMILES string of the molecule is CN1CCN(S(=O)(=O)c2cccc(C(=O)N3CCCc4cc(OC(F)(F)F)ccc43)c2)CC1. The van der Waals surface area contributed by atoms with Gasteiger partial charge in [0.1, 0.15) is 5.75 Å². The summed E-state index contributed by atoms with van der Waals surface area (Å²) in [7, 11) is -1.81. The zero-order chi connectivity index (χ0) is 23.8. The van der Waals surface area contributed by atoms with E-state index >= 15 is 0 Å². The molecule has 2 aliphatic rings. The van der Waals surface area contributed by atoms with Crippen LogP contribution in [-0.4, -0.2) is 69.7 Å². The van der Waals surface area contributed by atoms with Gasteiger partial charge >= 0.3 is 6.36 Å². The van der Waals surface area contributed by atoms with Crippen LogP contribution >= 0.6 is 0 Å². The number of anilines is 1. The molecule has 178 valence electrons. The van der Waals surface area contributed by atoms with Crippen molar-refractivity contribution in [2.24, 2.45) is 0 Å². The van der Waals surface area contributed by atoms with Gasteiger partial charge in [-0.15, -0.1) is 13.2 Å². The predicted octanol–water partition coefficient (Wildman–Crippen LogP) is 3.11. The van der Waals surface area contributed by atoms with Gasteiger partial charge in [-0.2, -0.15) is 4.31 Å². The third-order valence-electron chi connectivity index (χ3n) is 5.83. The fraction of sp³-hybridized carbons (Fsp3) is 0.409. The number of carbonyl (C=O) groups excluding carboxylic acids is 1. The summed E-state index contributed by atoms with van der Waals surface area (Å²) in [5.41, 5.74) is 1.26. The Bertz CT molecular complexity index is 1150. The van der Waals surface area contributed by atoms with E-state index in [1.165, 1.54) is 45.6 Å². The lowest BCUT2D eigenvalue weighted by molar-refractivity contribution is -0.274. The topological polar surface area (TPSA) is 70.2 Å². The highest BCUT2D eigenvalue weighted by Crippen LogP contribution is 2.33. The van der Waals surface area contributed by atoms with E-state index in [1.807, 2.05) is 11.9 Å². The Balaban J connectivity index is 1.59. The van der Waals surface area contributed by atoms with Crippen LogP contribution in [0.4, 0.5) is 18.9 Å². The van der Waals surface area contributed by atoms with Gasteiger partial charge in [0.15, 0.2) is 0 Å². The Kier molecular flexibility index (Phi) is 6.39. The van der Waals surface area contributed by atoms with E-state index in [2.05, 4.69) is 4.74 Å². The molecular weight excluding hydrogens is 459 g/mol. The molecule has 0 atom stereocenters. The van der Waals surface area contributed by atoms with Crippen molar-refractivity contribution >= 4 is 21.6 Å². The number of nitrogens with zero attached hydrogens (tertiary/aromatic N) is 3. The molecule has 0 bridgehead atoms. The fourth-order valence-corrected chi connectivity index (χ4v) is 5.57. The van der Waals surface area contributed by atoms with Crippen LogP contribution in [0.25, 0.3) is 0 Å². The van der Waals surface area contributed by atoms with Crippen LogP contribution < -0.4 is 9.64 Å². The van der Waals surface area contributed by atoms with Gasteiger partial charge in [0.05, 0.1) is 4.90 Å². The molecule has 0 spiro atoms. The first kappa shape index (κ1) is 23.5. The summed E-state index contributed by atoms with van der Waals surface area (Å²) in [4.78, 5) is 16.8. The van der Waals surface area contributed by atoms with Crippen molar-refractivity contribution in [3.8, 4) is 5.75 Å². The molecule has 1 saturated heterocycles. The number of alkyl halides is 3. The average molecular weight is 484 g/mol. The van der Waals surface area contributed by atoms with Crippen LogP contribution in [-0.2, 0) is 16.4 Å². The Labute approximate surface area is 190 Å². The van der Waals surface area contributed by atoms with E-state index in [1.54, 1.807) is 6.07 Å². The maximum Gasteiger partial charge on any atom is 0.573 e. The van der Waals surface area contributed by atoms with E-state index in [-0.39, 0.29) is 16.2 Å². The Morgan fingerprint density at radius 2 is 1.73 bits per heavy atom. The normalized spacial score (nSPS) is 18.1. The zero-order valence-electron chi connectivity index (χ0n) is 18.0. The molecule has 0 saturated carbocycles. The quantitative estimate of drug-likeness (QED) is 0.669. The number of hydrogen-bond acceptors (Lipinski definition) is 5. The molecule has 33 heavy (non-hydrogen) atoms. The van der Waals surface area contributed by atoms with E-state index in [4.69, 9.17) is 0 Å². The highest BCUT2D eigenvalue weighted by atomic mass is 32.2. The lowest BCUT2D eigenvalue weighted by Crippen LogP contribution is -2.47. The lowest BCUT2D eigenvalue weighted by atomic mass is 10.0. The van der Waals surface area contributed by atoms with Crippen molar-refractivity contribution in [2.75, 3.05) is 44.7 Å². The second kappa shape index (κ2) is 8.96. The molecule has 7 nitrogen and oxygen atoms in total. The van der Waals surface area contributed by atoms with Gasteiger partial charge in [-0.3, -0.25) is 4.79 Å². The van der Waals surface area contributed by atoms with Gasteiger partial charge in [0.2, 0.25) is 10.0 Å². The minimum atomic E-state index is -4.80. The van der Waals surface area contributed by atoms with Gasteiger partial charge in [-0.05, 0) is 61.9 Å². The van der Waals surface area contributed by atoms with E-state index in [0.29, 0.717) is 56.8 Å². The second-order valence-corrected chi connectivity index (χ2v) is 10.1. The number of halogens is 3. The first-order valence-corrected chi connectivity index (χ1v) is 12.0. The minimum Gasteiger partial charge on any atom is -0.406 e. The number of hydrogen-bond donors (Lipinski definition) is 0. The molecule has 1 fully saturated rings. The summed E-state index contributed by atoms with van der Waals surface area (Å²) >= 11 is 0. The Morgan fingerprint density at radius 1 is 1.00 bits per heavy atom. The monoisotopic (exact) mass is 483 g/mol. The predicted molar refractivity (Wildman–Crippen MR) is 116 cm³/mol. The summed E-state index contributed by atoms with van der Waals surface area (Å²) < 4.78 is 69.2. The number of aryl methyl sites for hydroxylation is 1. The first-order chi connectivity index (χ1) is 15.5. The Hall–Kier alpha value is -2.63. The summed E-state index contributed by atoms with van der Waals surface area (Å²) in [6, 6.07) is 9.80. The van der Waals surface area contributed by atoms with Gasteiger partial charge in [0.25, 0.3) is 5.91 Å². The highest BCUT2D eigenvalue weighted by Gasteiger charge is 2.33. The minimum absolute atomic E-state index is 0.0454. The van der Waals surface area contributed by atoms with Gasteiger partial charge in [-0.25, -0.2) is 8.42 Å². The number of rotatable bonds is 4. The smallest absolute Gasteiger partial charge is 0.406 e.